The summed E-state index contributed by atoms with van der Waals surface area (Å²) in [7, 11) is 0. The van der Waals surface area contributed by atoms with Crippen molar-refractivity contribution in [2.45, 2.75) is 64.2 Å². The summed E-state index contributed by atoms with van der Waals surface area (Å²) in [5.41, 5.74) is 0.892. The minimum absolute atomic E-state index is 0.0247. The molecule has 0 bridgehead atoms. The molecule has 0 aromatic heterocycles. The third kappa shape index (κ3) is 4.03. The minimum atomic E-state index is -0.261. The molecule has 5 heteroatoms. The van der Waals surface area contributed by atoms with Crippen LogP contribution in [0.5, 0.6) is 0 Å². The van der Waals surface area contributed by atoms with Crippen LogP contribution in [-0.4, -0.2) is 35.0 Å². The minimum Gasteiger partial charge on any atom is -0.463 e. The number of benzene rings is 1. The van der Waals surface area contributed by atoms with Crippen molar-refractivity contribution in [3.63, 3.8) is 0 Å². The van der Waals surface area contributed by atoms with Crippen LogP contribution in [0.4, 0.5) is 0 Å². The number of unbranched alkanes of at least 4 members (excludes halogenated alkanes) is 3. The smallest absolute Gasteiger partial charge is 0.258 e. The Morgan fingerprint density at radius 2 is 2.00 bits per heavy atom. The summed E-state index contributed by atoms with van der Waals surface area (Å²) in [4.78, 5) is 19.6. The molecule has 2 aliphatic rings. The fourth-order valence-electron chi connectivity index (χ4n) is 3.39. The second kappa shape index (κ2) is 8.19. The van der Waals surface area contributed by atoms with Crippen LogP contribution in [-0.2, 0) is 14.4 Å². The van der Waals surface area contributed by atoms with Gasteiger partial charge in [0.1, 0.15) is 0 Å². The Labute approximate surface area is 149 Å². The zero-order chi connectivity index (χ0) is 17.6. The summed E-state index contributed by atoms with van der Waals surface area (Å²) in [5.74, 6) is 0.518. The van der Waals surface area contributed by atoms with Crippen LogP contribution < -0.4 is 0 Å². The van der Waals surface area contributed by atoms with Gasteiger partial charge in [-0.1, -0.05) is 50.8 Å². The third-order valence-electron chi connectivity index (χ3n) is 4.74. The van der Waals surface area contributed by atoms with Gasteiger partial charge in [-0.05, 0) is 29.8 Å². The number of carbonyl (C=O) groups is 1. The lowest BCUT2D eigenvalue weighted by Crippen LogP contribution is -2.54. The number of nitrogens with zero attached hydrogens (tertiary/aromatic N) is 2. The van der Waals surface area contributed by atoms with E-state index in [0.29, 0.717) is 5.90 Å². The SMILES string of the molecule is CCCCCC[C@H]1[C@@H]2ON=C(c3ccccc3)OC2C=CN1C(C)=O. The second-order valence-corrected chi connectivity index (χ2v) is 6.60. The van der Waals surface area contributed by atoms with Gasteiger partial charge in [0.05, 0.1) is 6.04 Å². The fourth-order valence-corrected chi connectivity index (χ4v) is 3.39. The molecule has 0 saturated heterocycles. The number of rotatable bonds is 6. The number of amides is 1. The van der Waals surface area contributed by atoms with Gasteiger partial charge in [-0.3, -0.25) is 4.79 Å². The van der Waals surface area contributed by atoms with E-state index in [1.165, 1.54) is 19.3 Å². The summed E-state index contributed by atoms with van der Waals surface area (Å²) in [6.45, 7) is 3.78. The number of carbonyl (C=O) groups excluding carboxylic acids is 1. The number of oxime groups is 1. The topological polar surface area (TPSA) is 51.1 Å². The summed E-state index contributed by atoms with van der Waals surface area (Å²) in [6.07, 6.45) is 8.78. The molecule has 0 spiro atoms. The summed E-state index contributed by atoms with van der Waals surface area (Å²) >= 11 is 0. The van der Waals surface area contributed by atoms with E-state index < -0.39 is 0 Å². The van der Waals surface area contributed by atoms with Gasteiger partial charge >= 0.3 is 0 Å². The molecule has 3 rings (SSSR count). The van der Waals surface area contributed by atoms with Crippen LogP contribution in [0.1, 0.15) is 51.5 Å². The first-order valence-corrected chi connectivity index (χ1v) is 9.14. The molecule has 2 aliphatic heterocycles. The summed E-state index contributed by atoms with van der Waals surface area (Å²) in [5, 5.41) is 4.20. The molecule has 0 saturated carbocycles. The molecular weight excluding hydrogens is 316 g/mol. The summed E-state index contributed by atoms with van der Waals surface area (Å²) < 4.78 is 6.06. The Kier molecular flexibility index (Phi) is 5.74. The van der Waals surface area contributed by atoms with Crippen LogP contribution in [0.2, 0.25) is 0 Å². The van der Waals surface area contributed by atoms with Gasteiger partial charge in [0.2, 0.25) is 5.91 Å². The predicted octanol–water partition coefficient (Wildman–Crippen LogP) is 3.85. The van der Waals surface area contributed by atoms with Gasteiger partial charge in [0.15, 0.2) is 12.2 Å². The van der Waals surface area contributed by atoms with E-state index in [4.69, 9.17) is 9.57 Å². The van der Waals surface area contributed by atoms with Crippen molar-refractivity contribution < 1.29 is 14.4 Å². The first kappa shape index (κ1) is 17.5. The molecule has 0 N–H and O–H groups in total. The predicted molar refractivity (Wildman–Crippen MR) is 96.9 cm³/mol. The van der Waals surface area contributed by atoms with Crippen LogP contribution in [0.25, 0.3) is 0 Å². The van der Waals surface area contributed by atoms with Gasteiger partial charge in [0, 0.05) is 18.7 Å². The summed E-state index contributed by atoms with van der Waals surface area (Å²) in [6, 6.07) is 9.69. The number of hydrogen-bond donors (Lipinski definition) is 0. The van der Waals surface area contributed by atoms with Crippen molar-refractivity contribution in [1.82, 2.24) is 4.90 Å². The maximum atomic E-state index is 12.0. The largest absolute Gasteiger partial charge is 0.463 e. The quantitative estimate of drug-likeness (QED) is 0.738. The van der Waals surface area contributed by atoms with E-state index >= 15 is 0 Å². The Hall–Kier alpha value is -2.30. The van der Waals surface area contributed by atoms with Gasteiger partial charge in [0.25, 0.3) is 5.90 Å². The first-order valence-electron chi connectivity index (χ1n) is 9.14. The van der Waals surface area contributed by atoms with Crippen molar-refractivity contribution in [3.8, 4) is 0 Å². The molecule has 3 atom stereocenters. The lowest BCUT2D eigenvalue weighted by Gasteiger charge is -2.41. The molecule has 1 aromatic rings. The van der Waals surface area contributed by atoms with E-state index in [1.807, 2.05) is 42.6 Å². The molecule has 5 nitrogen and oxygen atoms in total. The van der Waals surface area contributed by atoms with Gasteiger partial charge in [-0.2, -0.15) is 0 Å². The molecule has 1 unspecified atom stereocenters. The molecule has 0 fully saturated rings. The first-order chi connectivity index (χ1) is 12.2. The maximum Gasteiger partial charge on any atom is 0.258 e. The zero-order valence-electron chi connectivity index (χ0n) is 14.9. The standard InChI is InChI=1S/C20H26N2O3/c1-3-4-5-9-12-17-19-18(13-14-22(17)15(2)23)24-20(21-25-19)16-10-7-6-8-11-16/h6-8,10-11,13-14,17-19H,3-5,9,12H2,1-2H3/t17-,18?,19-/m0/s1. The van der Waals surface area contributed by atoms with Crippen molar-refractivity contribution in [2.75, 3.05) is 0 Å². The molecule has 25 heavy (non-hydrogen) atoms. The highest BCUT2D eigenvalue weighted by Crippen LogP contribution is 2.29. The van der Waals surface area contributed by atoms with Crippen LogP contribution >= 0.6 is 0 Å². The van der Waals surface area contributed by atoms with Gasteiger partial charge in [-0.25, -0.2) is 0 Å². The molecule has 0 radical (unpaired) electrons. The number of fused-ring (bicyclic) bond motifs is 1. The number of hydrogen-bond acceptors (Lipinski definition) is 4. The Morgan fingerprint density at radius 1 is 1.20 bits per heavy atom. The van der Waals surface area contributed by atoms with Crippen LogP contribution in [0, 0.1) is 0 Å². The Balaban J connectivity index is 1.74. The number of ether oxygens (including phenoxy) is 1. The Bertz CT molecular complexity index is 642. The van der Waals surface area contributed by atoms with Crippen LogP contribution in [0.3, 0.4) is 0 Å². The Morgan fingerprint density at radius 3 is 2.72 bits per heavy atom. The van der Waals surface area contributed by atoms with Crippen molar-refractivity contribution in [2.24, 2.45) is 5.16 Å². The van der Waals surface area contributed by atoms with Gasteiger partial charge < -0.3 is 14.5 Å². The van der Waals surface area contributed by atoms with E-state index in [9.17, 15) is 4.79 Å². The monoisotopic (exact) mass is 342 g/mol. The second-order valence-electron chi connectivity index (χ2n) is 6.60. The highest BCUT2D eigenvalue weighted by atomic mass is 16.7. The third-order valence-corrected chi connectivity index (χ3v) is 4.74. The molecule has 134 valence electrons. The average molecular weight is 342 g/mol. The van der Waals surface area contributed by atoms with E-state index in [-0.39, 0.29) is 24.2 Å². The van der Waals surface area contributed by atoms with Gasteiger partial charge in [-0.15, -0.1) is 0 Å². The highest BCUT2D eigenvalue weighted by molar-refractivity contribution is 5.94. The van der Waals surface area contributed by atoms with Crippen molar-refractivity contribution in [1.29, 1.82) is 0 Å². The van der Waals surface area contributed by atoms with Crippen molar-refractivity contribution in [3.05, 3.63) is 48.2 Å². The van der Waals surface area contributed by atoms with Crippen molar-refractivity contribution >= 4 is 11.8 Å². The lowest BCUT2D eigenvalue weighted by molar-refractivity contribution is -0.138. The maximum absolute atomic E-state index is 12.0. The van der Waals surface area contributed by atoms with E-state index in [2.05, 4.69) is 12.1 Å². The molecule has 1 amide bonds. The zero-order valence-corrected chi connectivity index (χ0v) is 14.9. The molecule has 2 heterocycles. The lowest BCUT2D eigenvalue weighted by atomic mass is 9.94. The van der Waals surface area contributed by atoms with Crippen LogP contribution in [0.15, 0.2) is 47.8 Å². The molecule has 0 aliphatic carbocycles. The van der Waals surface area contributed by atoms with E-state index in [0.717, 1.165) is 18.4 Å². The highest BCUT2D eigenvalue weighted by Gasteiger charge is 2.42. The van der Waals surface area contributed by atoms with E-state index in [1.54, 1.807) is 11.8 Å². The fraction of sp³-hybridized carbons (Fsp3) is 0.500. The average Bonchev–Trinajstić information content (AvgIpc) is 2.65. The molecule has 1 aromatic carbocycles. The molecular formula is C20H26N2O3. The normalized spacial score (nSPS) is 24.8.